The summed E-state index contributed by atoms with van der Waals surface area (Å²) in [6, 6.07) is 0.540. The predicted octanol–water partition coefficient (Wildman–Crippen LogP) is 2.18. The smallest absolute Gasteiger partial charge is 0.131 e. The fourth-order valence-corrected chi connectivity index (χ4v) is 2.52. The van der Waals surface area contributed by atoms with Crippen molar-refractivity contribution in [3.8, 4) is 11.4 Å². The predicted molar refractivity (Wildman–Crippen MR) is 64.3 cm³/mol. The van der Waals surface area contributed by atoms with Crippen LogP contribution in [0.2, 0.25) is 0 Å². The van der Waals surface area contributed by atoms with Crippen LogP contribution in [0.4, 0.5) is 0 Å². The van der Waals surface area contributed by atoms with Gasteiger partial charge in [-0.15, -0.1) is 5.10 Å². The highest BCUT2D eigenvalue weighted by Crippen LogP contribution is 2.28. The molecule has 0 atom stereocenters. The maximum Gasteiger partial charge on any atom is 0.131 e. The SMILES string of the molecule is Cn1cncc1-c1cn(C2CCCCC2)nn1. The molecule has 17 heavy (non-hydrogen) atoms. The average Bonchev–Trinajstić information content (AvgIpc) is 2.98. The minimum atomic E-state index is 0.540. The van der Waals surface area contributed by atoms with Gasteiger partial charge in [-0.05, 0) is 12.8 Å². The van der Waals surface area contributed by atoms with Crippen molar-refractivity contribution in [1.29, 1.82) is 0 Å². The van der Waals surface area contributed by atoms with Gasteiger partial charge in [0.2, 0.25) is 0 Å². The Balaban J connectivity index is 1.85. The third-order valence-electron chi connectivity index (χ3n) is 3.54. The molecule has 0 aromatic carbocycles. The molecule has 0 N–H and O–H groups in total. The van der Waals surface area contributed by atoms with Crippen LogP contribution in [-0.4, -0.2) is 24.5 Å². The van der Waals surface area contributed by atoms with Gasteiger partial charge in [-0.2, -0.15) is 0 Å². The van der Waals surface area contributed by atoms with Crippen molar-refractivity contribution in [2.45, 2.75) is 38.1 Å². The Hall–Kier alpha value is -1.65. The van der Waals surface area contributed by atoms with E-state index in [-0.39, 0.29) is 0 Å². The molecule has 0 bridgehead atoms. The molecule has 2 heterocycles. The van der Waals surface area contributed by atoms with Crippen LogP contribution in [0.1, 0.15) is 38.1 Å². The third-order valence-corrected chi connectivity index (χ3v) is 3.54. The second-order valence-electron chi connectivity index (χ2n) is 4.77. The largest absolute Gasteiger partial charge is 0.332 e. The highest BCUT2D eigenvalue weighted by molar-refractivity contribution is 5.51. The van der Waals surface area contributed by atoms with Crippen molar-refractivity contribution in [1.82, 2.24) is 24.5 Å². The van der Waals surface area contributed by atoms with E-state index in [9.17, 15) is 0 Å². The molecule has 0 radical (unpaired) electrons. The average molecular weight is 231 g/mol. The van der Waals surface area contributed by atoms with Crippen LogP contribution in [0.3, 0.4) is 0 Å². The number of aryl methyl sites for hydroxylation is 1. The van der Waals surface area contributed by atoms with Crippen molar-refractivity contribution >= 4 is 0 Å². The zero-order valence-electron chi connectivity index (χ0n) is 10.1. The van der Waals surface area contributed by atoms with Gasteiger partial charge in [0.05, 0.1) is 30.5 Å². The molecule has 1 aliphatic rings. The fourth-order valence-electron chi connectivity index (χ4n) is 2.52. The Morgan fingerprint density at radius 2 is 2.06 bits per heavy atom. The van der Waals surface area contributed by atoms with Gasteiger partial charge in [0.25, 0.3) is 0 Å². The number of imidazole rings is 1. The van der Waals surface area contributed by atoms with Gasteiger partial charge in [0, 0.05) is 7.05 Å². The maximum atomic E-state index is 4.26. The molecule has 0 spiro atoms. The standard InChI is InChI=1S/C12H17N5/c1-16-9-13-7-12(16)11-8-17(15-14-11)10-5-3-2-4-6-10/h7-10H,2-6H2,1H3. The van der Waals surface area contributed by atoms with Crippen LogP contribution in [0.15, 0.2) is 18.7 Å². The molecule has 0 aliphatic heterocycles. The molecule has 1 fully saturated rings. The molecule has 5 nitrogen and oxygen atoms in total. The topological polar surface area (TPSA) is 48.5 Å². The first-order valence-electron chi connectivity index (χ1n) is 6.23. The number of aromatic nitrogens is 5. The van der Waals surface area contributed by atoms with Gasteiger partial charge in [-0.3, -0.25) is 0 Å². The lowest BCUT2D eigenvalue weighted by molar-refractivity contribution is 0.324. The Bertz CT molecular complexity index is 492. The van der Waals surface area contributed by atoms with E-state index in [1.165, 1.54) is 32.1 Å². The summed E-state index contributed by atoms with van der Waals surface area (Å²) in [5.41, 5.74) is 1.93. The molecule has 1 aliphatic carbocycles. The van der Waals surface area contributed by atoms with E-state index < -0.39 is 0 Å². The Morgan fingerprint density at radius 3 is 2.76 bits per heavy atom. The number of rotatable bonds is 2. The second kappa shape index (κ2) is 4.31. The fraction of sp³-hybridized carbons (Fsp3) is 0.583. The normalized spacial score (nSPS) is 17.5. The van der Waals surface area contributed by atoms with Crippen LogP contribution in [0, 0.1) is 0 Å². The Kier molecular flexibility index (Phi) is 2.66. The summed E-state index contributed by atoms with van der Waals surface area (Å²) in [6.45, 7) is 0. The van der Waals surface area contributed by atoms with Gasteiger partial charge < -0.3 is 4.57 Å². The second-order valence-corrected chi connectivity index (χ2v) is 4.77. The summed E-state index contributed by atoms with van der Waals surface area (Å²) in [4.78, 5) is 4.11. The minimum Gasteiger partial charge on any atom is -0.332 e. The number of hydrogen-bond donors (Lipinski definition) is 0. The highest BCUT2D eigenvalue weighted by Gasteiger charge is 2.17. The number of hydrogen-bond acceptors (Lipinski definition) is 3. The molecule has 3 rings (SSSR count). The van der Waals surface area contributed by atoms with Crippen LogP contribution in [-0.2, 0) is 7.05 Å². The molecule has 0 unspecified atom stereocenters. The molecular weight excluding hydrogens is 214 g/mol. The zero-order valence-corrected chi connectivity index (χ0v) is 10.1. The van der Waals surface area contributed by atoms with E-state index in [2.05, 4.69) is 15.3 Å². The summed E-state index contributed by atoms with van der Waals surface area (Å²) in [6.07, 6.45) is 12.1. The third kappa shape index (κ3) is 1.97. The number of nitrogens with zero attached hydrogens (tertiary/aromatic N) is 5. The van der Waals surface area contributed by atoms with E-state index in [1.54, 1.807) is 6.33 Å². The van der Waals surface area contributed by atoms with E-state index in [0.717, 1.165) is 11.4 Å². The van der Waals surface area contributed by atoms with Crippen LogP contribution >= 0.6 is 0 Å². The molecule has 2 aromatic rings. The first kappa shape index (κ1) is 10.5. The summed E-state index contributed by atoms with van der Waals surface area (Å²) in [7, 11) is 1.97. The van der Waals surface area contributed by atoms with Crippen LogP contribution in [0.5, 0.6) is 0 Å². The molecule has 90 valence electrons. The van der Waals surface area contributed by atoms with Crippen molar-refractivity contribution in [3.05, 3.63) is 18.7 Å². The Labute approximate surface area is 100 Å². The van der Waals surface area contributed by atoms with Gasteiger partial charge in [0.15, 0.2) is 0 Å². The first-order valence-corrected chi connectivity index (χ1v) is 6.23. The molecule has 2 aromatic heterocycles. The molecule has 1 saturated carbocycles. The van der Waals surface area contributed by atoms with Gasteiger partial charge in [0.1, 0.15) is 5.69 Å². The summed E-state index contributed by atoms with van der Waals surface area (Å²) < 4.78 is 4.00. The quantitative estimate of drug-likeness (QED) is 0.796. The minimum absolute atomic E-state index is 0.540. The van der Waals surface area contributed by atoms with Crippen molar-refractivity contribution in [2.75, 3.05) is 0 Å². The summed E-state index contributed by atoms with van der Waals surface area (Å²) in [5, 5.41) is 8.51. The van der Waals surface area contributed by atoms with E-state index in [1.807, 2.05) is 28.7 Å². The zero-order chi connectivity index (χ0) is 11.7. The van der Waals surface area contributed by atoms with Gasteiger partial charge >= 0.3 is 0 Å². The lowest BCUT2D eigenvalue weighted by atomic mass is 9.96. The van der Waals surface area contributed by atoms with E-state index in [4.69, 9.17) is 0 Å². The maximum absolute atomic E-state index is 4.26. The highest BCUT2D eigenvalue weighted by atomic mass is 15.4. The van der Waals surface area contributed by atoms with Crippen molar-refractivity contribution in [3.63, 3.8) is 0 Å². The molecular formula is C12H17N5. The summed E-state index contributed by atoms with van der Waals surface area (Å²) >= 11 is 0. The lowest BCUT2D eigenvalue weighted by Crippen LogP contribution is -2.13. The monoisotopic (exact) mass is 231 g/mol. The first-order chi connectivity index (χ1) is 8.34. The van der Waals surface area contributed by atoms with Crippen molar-refractivity contribution < 1.29 is 0 Å². The molecule has 0 saturated heterocycles. The van der Waals surface area contributed by atoms with Crippen LogP contribution < -0.4 is 0 Å². The Morgan fingerprint density at radius 1 is 1.24 bits per heavy atom. The lowest BCUT2D eigenvalue weighted by Gasteiger charge is -2.20. The van der Waals surface area contributed by atoms with E-state index in [0.29, 0.717) is 6.04 Å². The van der Waals surface area contributed by atoms with Gasteiger partial charge in [-0.25, -0.2) is 9.67 Å². The van der Waals surface area contributed by atoms with Crippen molar-refractivity contribution in [2.24, 2.45) is 7.05 Å². The summed E-state index contributed by atoms with van der Waals surface area (Å²) in [5.74, 6) is 0. The van der Waals surface area contributed by atoms with Gasteiger partial charge in [-0.1, -0.05) is 24.5 Å². The molecule has 0 amide bonds. The van der Waals surface area contributed by atoms with Crippen LogP contribution in [0.25, 0.3) is 11.4 Å². The molecule has 5 heteroatoms. The van der Waals surface area contributed by atoms with E-state index >= 15 is 0 Å².